The number of nitrogens with zero attached hydrogens (tertiary/aromatic N) is 3. The van der Waals surface area contributed by atoms with Gasteiger partial charge in [-0.25, -0.2) is 9.97 Å². The van der Waals surface area contributed by atoms with Crippen LogP contribution in [0.2, 0.25) is 0 Å². The molecule has 0 aromatic carbocycles. The summed E-state index contributed by atoms with van der Waals surface area (Å²) < 4.78 is 0. The van der Waals surface area contributed by atoms with Gasteiger partial charge in [0.2, 0.25) is 0 Å². The number of aryl methyl sites for hydroxylation is 1. The molecule has 1 N–H and O–H groups in total. The van der Waals surface area contributed by atoms with Crippen molar-refractivity contribution in [3.8, 4) is 0 Å². The minimum absolute atomic E-state index is 0.655. The first-order chi connectivity index (χ1) is 9.74. The van der Waals surface area contributed by atoms with E-state index in [1.165, 1.54) is 32.1 Å². The highest BCUT2D eigenvalue weighted by Gasteiger charge is 2.23. The van der Waals surface area contributed by atoms with Crippen molar-refractivity contribution < 1.29 is 0 Å². The monoisotopic (exact) mass is 276 g/mol. The Morgan fingerprint density at radius 1 is 1.25 bits per heavy atom. The van der Waals surface area contributed by atoms with Gasteiger partial charge in [0.1, 0.15) is 17.5 Å². The standard InChI is InChI=1S/C16H28N4/c1-4-8-14-9-6-7-11-20(14)16-12-15(17-10-5-2)18-13(3)19-16/h12,14H,4-11H2,1-3H3,(H,17,18,19). The van der Waals surface area contributed by atoms with E-state index in [2.05, 4.69) is 40.1 Å². The third kappa shape index (κ3) is 3.84. The summed E-state index contributed by atoms with van der Waals surface area (Å²) in [7, 11) is 0. The Bertz CT molecular complexity index is 417. The average Bonchev–Trinajstić information content (AvgIpc) is 2.45. The van der Waals surface area contributed by atoms with Gasteiger partial charge in [0.25, 0.3) is 0 Å². The molecular formula is C16H28N4. The van der Waals surface area contributed by atoms with Crippen LogP contribution in [0, 0.1) is 6.92 Å². The minimum Gasteiger partial charge on any atom is -0.370 e. The lowest BCUT2D eigenvalue weighted by Crippen LogP contribution is -2.40. The summed E-state index contributed by atoms with van der Waals surface area (Å²) in [5.41, 5.74) is 0. The number of nitrogens with one attached hydrogen (secondary N) is 1. The molecule has 1 aliphatic heterocycles. The number of hydrogen-bond donors (Lipinski definition) is 1. The van der Waals surface area contributed by atoms with Crippen molar-refractivity contribution in [2.75, 3.05) is 23.3 Å². The van der Waals surface area contributed by atoms with Crippen LogP contribution in [0.3, 0.4) is 0 Å². The predicted molar refractivity (Wildman–Crippen MR) is 85.4 cm³/mol. The van der Waals surface area contributed by atoms with E-state index in [9.17, 15) is 0 Å². The molecule has 0 bridgehead atoms. The van der Waals surface area contributed by atoms with E-state index in [1.807, 2.05) is 6.92 Å². The molecule has 0 aliphatic carbocycles. The van der Waals surface area contributed by atoms with Gasteiger partial charge in [-0.05, 0) is 39.0 Å². The van der Waals surface area contributed by atoms with Gasteiger partial charge in [0, 0.05) is 25.2 Å². The van der Waals surface area contributed by atoms with E-state index < -0.39 is 0 Å². The average molecular weight is 276 g/mol. The highest BCUT2D eigenvalue weighted by Crippen LogP contribution is 2.27. The molecule has 4 heteroatoms. The Hall–Kier alpha value is -1.32. The van der Waals surface area contributed by atoms with E-state index in [4.69, 9.17) is 0 Å². The molecule has 1 unspecified atom stereocenters. The zero-order valence-corrected chi connectivity index (χ0v) is 13.2. The number of piperidine rings is 1. The van der Waals surface area contributed by atoms with Crippen molar-refractivity contribution in [2.24, 2.45) is 0 Å². The first-order valence-electron chi connectivity index (χ1n) is 8.10. The van der Waals surface area contributed by atoms with Gasteiger partial charge in [0.15, 0.2) is 0 Å². The van der Waals surface area contributed by atoms with Gasteiger partial charge in [-0.15, -0.1) is 0 Å². The van der Waals surface area contributed by atoms with Crippen LogP contribution in [0.5, 0.6) is 0 Å². The third-order valence-electron chi connectivity index (χ3n) is 3.92. The molecule has 0 radical (unpaired) electrons. The van der Waals surface area contributed by atoms with Crippen LogP contribution in [0.1, 0.15) is 58.2 Å². The molecule has 112 valence electrons. The molecule has 1 aromatic heterocycles. The molecule has 20 heavy (non-hydrogen) atoms. The topological polar surface area (TPSA) is 41.0 Å². The van der Waals surface area contributed by atoms with Crippen LogP contribution in [-0.4, -0.2) is 29.1 Å². The van der Waals surface area contributed by atoms with Gasteiger partial charge in [-0.2, -0.15) is 0 Å². The van der Waals surface area contributed by atoms with Crippen LogP contribution < -0.4 is 10.2 Å². The Morgan fingerprint density at radius 3 is 2.85 bits per heavy atom. The summed E-state index contributed by atoms with van der Waals surface area (Å²) in [4.78, 5) is 11.7. The quantitative estimate of drug-likeness (QED) is 0.859. The highest BCUT2D eigenvalue weighted by molar-refractivity contribution is 5.50. The second-order valence-corrected chi connectivity index (χ2v) is 5.72. The second-order valence-electron chi connectivity index (χ2n) is 5.72. The summed E-state index contributed by atoms with van der Waals surface area (Å²) in [5, 5.41) is 3.38. The molecule has 2 rings (SSSR count). The number of anilines is 2. The number of hydrogen-bond acceptors (Lipinski definition) is 4. The maximum atomic E-state index is 4.67. The van der Waals surface area contributed by atoms with Gasteiger partial charge < -0.3 is 10.2 Å². The molecule has 0 amide bonds. The zero-order chi connectivity index (χ0) is 14.4. The Balaban J connectivity index is 2.18. The van der Waals surface area contributed by atoms with E-state index >= 15 is 0 Å². The fourth-order valence-electron chi connectivity index (χ4n) is 2.98. The zero-order valence-electron chi connectivity index (χ0n) is 13.2. The van der Waals surface area contributed by atoms with E-state index in [0.717, 1.165) is 37.0 Å². The maximum Gasteiger partial charge on any atom is 0.134 e. The third-order valence-corrected chi connectivity index (χ3v) is 3.92. The van der Waals surface area contributed by atoms with Gasteiger partial charge >= 0.3 is 0 Å². The molecule has 0 spiro atoms. The van der Waals surface area contributed by atoms with Gasteiger partial charge in [-0.3, -0.25) is 0 Å². The fraction of sp³-hybridized carbons (Fsp3) is 0.750. The van der Waals surface area contributed by atoms with Crippen molar-refractivity contribution in [2.45, 2.75) is 65.3 Å². The minimum atomic E-state index is 0.655. The molecular weight excluding hydrogens is 248 g/mol. The van der Waals surface area contributed by atoms with E-state index in [-0.39, 0.29) is 0 Å². The van der Waals surface area contributed by atoms with E-state index in [0.29, 0.717) is 6.04 Å². The fourth-order valence-corrected chi connectivity index (χ4v) is 2.98. The van der Waals surface area contributed by atoms with Crippen molar-refractivity contribution in [1.82, 2.24) is 9.97 Å². The summed E-state index contributed by atoms with van der Waals surface area (Å²) in [6, 6.07) is 2.78. The SMILES string of the molecule is CCCNc1cc(N2CCCCC2CCC)nc(C)n1. The second kappa shape index (κ2) is 7.46. The predicted octanol–water partition coefficient (Wildman–Crippen LogP) is 3.77. The van der Waals surface area contributed by atoms with Crippen molar-refractivity contribution in [1.29, 1.82) is 0 Å². The molecule has 1 saturated heterocycles. The lowest BCUT2D eigenvalue weighted by Gasteiger charge is -2.37. The summed E-state index contributed by atoms with van der Waals surface area (Å²) in [6.07, 6.45) is 7.55. The summed E-state index contributed by atoms with van der Waals surface area (Å²) >= 11 is 0. The first kappa shape index (κ1) is 15.1. The lowest BCUT2D eigenvalue weighted by atomic mass is 9.98. The molecule has 0 saturated carbocycles. The van der Waals surface area contributed by atoms with Crippen molar-refractivity contribution in [3.63, 3.8) is 0 Å². The molecule has 2 heterocycles. The summed E-state index contributed by atoms with van der Waals surface area (Å²) in [5.74, 6) is 2.94. The van der Waals surface area contributed by atoms with Gasteiger partial charge in [-0.1, -0.05) is 20.3 Å². The Kier molecular flexibility index (Phi) is 5.62. The number of aromatic nitrogens is 2. The number of rotatable bonds is 6. The molecule has 1 aliphatic rings. The highest BCUT2D eigenvalue weighted by atomic mass is 15.2. The smallest absolute Gasteiger partial charge is 0.134 e. The Morgan fingerprint density at radius 2 is 2.10 bits per heavy atom. The summed E-state index contributed by atoms with van der Waals surface area (Å²) in [6.45, 7) is 8.53. The van der Waals surface area contributed by atoms with Crippen molar-refractivity contribution in [3.05, 3.63) is 11.9 Å². The first-order valence-corrected chi connectivity index (χ1v) is 8.10. The molecule has 4 nitrogen and oxygen atoms in total. The van der Waals surface area contributed by atoms with E-state index in [1.54, 1.807) is 0 Å². The van der Waals surface area contributed by atoms with Crippen LogP contribution in [0.15, 0.2) is 6.07 Å². The van der Waals surface area contributed by atoms with Crippen LogP contribution in [-0.2, 0) is 0 Å². The van der Waals surface area contributed by atoms with Gasteiger partial charge in [0.05, 0.1) is 0 Å². The van der Waals surface area contributed by atoms with Crippen LogP contribution in [0.4, 0.5) is 11.6 Å². The van der Waals surface area contributed by atoms with Crippen molar-refractivity contribution >= 4 is 11.6 Å². The molecule has 1 atom stereocenters. The lowest BCUT2D eigenvalue weighted by molar-refractivity contribution is 0.431. The van der Waals surface area contributed by atoms with Crippen LogP contribution in [0.25, 0.3) is 0 Å². The Labute approximate surface area is 123 Å². The normalized spacial score (nSPS) is 19.1. The van der Waals surface area contributed by atoms with Crippen LogP contribution >= 0.6 is 0 Å². The maximum absolute atomic E-state index is 4.67. The largest absolute Gasteiger partial charge is 0.370 e. The molecule has 1 fully saturated rings. The molecule has 1 aromatic rings.